The minimum absolute atomic E-state index is 0.210. The van der Waals surface area contributed by atoms with E-state index in [1.807, 2.05) is 32.0 Å². The van der Waals surface area contributed by atoms with Gasteiger partial charge in [0, 0.05) is 16.8 Å². The molecule has 102 valence electrons. The molecule has 2 aromatic carbocycles. The van der Waals surface area contributed by atoms with Crippen LogP contribution in [0.2, 0.25) is 0 Å². The SMILES string of the molecule is Cc1cccc(C)c1NC(=O)c1ccc(C(N)=O)cc1. The number of anilines is 1. The molecule has 0 aliphatic carbocycles. The maximum atomic E-state index is 12.2. The van der Waals surface area contributed by atoms with Crippen molar-refractivity contribution in [3.05, 3.63) is 64.7 Å². The van der Waals surface area contributed by atoms with E-state index in [0.29, 0.717) is 11.1 Å². The van der Waals surface area contributed by atoms with E-state index in [1.165, 1.54) is 0 Å². The van der Waals surface area contributed by atoms with Crippen molar-refractivity contribution in [1.82, 2.24) is 0 Å². The molecule has 3 N–H and O–H groups in total. The molecular formula is C16H16N2O2. The van der Waals surface area contributed by atoms with Gasteiger partial charge in [0.1, 0.15) is 0 Å². The fraction of sp³-hybridized carbons (Fsp3) is 0.125. The molecule has 2 amide bonds. The number of primary amides is 1. The van der Waals surface area contributed by atoms with Gasteiger partial charge in [0.2, 0.25) is 5.91 Å². The van der Waals surface area contributed by atoms with E-state index < -0.39 is 5.91 Å². The molecule has 0 heterocycles. The van der Waals surface area contributed by atoms with E-state index in [9.17, 15) is 9.59 Å². The predicted octanol–water partition coefficient (Wildman–Crippen LogP) is 2.65. The molecule has 0 saturated carbocycles. The highest BCUT2D eigenvalue weighted by Crippen LogP contribution is 2.20. The van der Waals surface area contributed by atoms with Gasteiger partial charge in [0.25, 0.3) is 5.91 Å². The number of benzene rings is 2. The van der Waals surface area contributed by atoms with E-state index in [0.717, 1.165) is 16.8 Å². The molecule has 0 unspecified atom stereocenters. The number of para-hydroxylation sites is 1. The van der Waals surface area contributed by atoms with E-state index in [-0.39, 0.29) is 5.91 Å². The number of aryl methyl sites for hydroxylation is 2. The lowest BCUT2D eigenvalue weighted by molar-refractivity contribution is 0.0995. The molecule has 4 heteroatoms. The summed E-state index contributed by atoms with van der Waals surface area (Å²) >= 11 is 0. The predicted molar refractivity (Wildman–Crippen MR) is 78.8 cm³/mol. The lowest BCUT2D eigenvalue weighted by atomic mass is 10.1. The third-order valence-electron chi connectivity index (χ3n) is 3.15. The first-order valence-corrected chi connectivity index (χ1v) is 6.26. The topological polar surface area (TPSA) is 72.2 Å². The molecular weight excluding hydrogens is 252 g/mol. The van der Waals surface area contributed by atoms with Gasteiger partial charge in [-0.05, 0) is 49.2 Å². The third-order valence-corrected chi connectivity index (χ3v) is 3.15. The van der Waals surface area contributed by atoms with Gasteiger partial charge < -0.3 is 11.1 Å². The highest BCUT2D eigenvalue weighted by molar-refractivity contribution is 6.05. The van der Waals surface area contributed by atoms with Crippen molar-refractivity contribution in [2.75, 3.05) is 5.32 Å². The Morgan fingerprint density at radius 3 is 1.90 bits per heavy atom. The molecule has 20 heavy (non-hydrogen) atoms. The fourth-order valence-corrected chi connectivity index (χ4v) is 1.98. The van der Waals surface area contributed by atoms with Crippen LogP contribution in [0.1, 0.15) is 31.8 Å². The second-order valence-corrected chi connectivity index (χ2v) is 4.66. The molecule has 0 radical (unpaired) electrons. The zero-order valence-corrected chi connectivity index (χ0v) is 11.4. The van der Waals surface area contributed by atoms with E-state index in [4.69, 9.17) is 5.73 Å². The number of carbonyl (C=O) groups excluding carboxylic acids is 2. The Morgan fingerprint density at radius 2 is 1.40 bits per heavy atom. The fourth-order valence-electron chi connectivity index (χ4n) is 1.98. The van der Waals surface area contributed by atoms with Crippen molar-refractivity contribution in [2.45, 2.75) is 13.8 Å². The quantitative estimate of drug-likeness (QED) is 0.898. The number of hydrogen-bond acceptors (Lipinski definition) is 2. The first-order valence-electron chi connectivity index (χ1n) is 6.26. The summed E-state index contributed by atoms with van der Waals surface area (Å²) in [6, 6.07) is 12.1. The van der Waals surface area contributed by atoms with Crippen molar-refractivity contribution < 1.29 is 9.59 Å². The van der Waals surface area contributed by atoms with Crippen molar-refractivity contribution >= 4 is 17.5 Å². The zero-order chi connectivity index (χ0) is 14.7. The van der Waals surface area contributed by atoms with Gasteiger partial charge in [0.15, 0.2) is 0 Å². The van der Waals surface area contributed by atoms with Crippen LogP contribution in [-0.4, -0.2) is 11.8 Å². The Balaban J connectivity index is 2.22. The Hall–Kier alpha value is -2.62. The van der Waals surface area contributed by atoms with Gasteiger partial charge in [-0.15, -0.1) is 0 Å². The zero-order valence-electron chi connectivity index (χ0n) is 11.4. The first-order chi connectivity index (χ1) is 9.49. The minimum atomic E-state index is -0.508. The van der Waals surface area contributed by atoms with E-state index in [2.05, 4.69) is 5.32 Å². The summed E-state index contributed by atoms with van der Waals surface area (Å²) in [6.07, 6.45) is 0. The standard InChI is InChI=1S/C16H16N2O2/c1-10-4-3-5-11(2)14(10)18-16(20)13-8-6-12(7-9-13)15(17)19/h3-9H,1-2H3,(H2,17,19)(H,18,20). The van der Waals surface area contributed by atoms with Gasteiger partial charge in [0.05, 0.1) is 0 Å². The Bertz CT molecular complexity index is 640. The summed E-state index contributed by atoms with van der Waals surface area (Å²) < 4.78 is 0. The van der Waals surface area contributed by atoms with Gasteiger partial charge >= 0.3 is 0 Å². The summed E-state index contributed by atoms with van der Waals surface area (Å²) in [6.45, 7) is 3.89. The summed E-state index contributed by atoms with van der Waals surface area (Å²) in [5.74, 6) is -0.717. The molecule has 2 rings (SSSR count). The number of amides is 2. The molecule has 0 bridgehead atoms. The normalized spacial score (nSPS) is 10.1. The summed E-state index contributed by atoms with van der Waals surface area (Å²) in [5.41, 5.74) is 8.86. The van der Waals surface area contributed by atoms with Crippen LogP contribution in [0, 0.1) is 13.8 Å². The highest BCUT2D eigenvalue weighted by Gasteiger charge is 2.10. The Labute approximate surface area is 117 Å². The lowest BCUT2D eigenvalue weighted by Crippen LogP contribution is -2.15. The minimum Gasteiger partial charge on any atom is -0.366 e. The molecule has 4 nitrogen and oxygen atoms in total. The van der Waals surface area contributed by atoms with Gasteiger partial charge in [-0.1, -0.05) is 18.2 Å². The third kappa shape index (κ3) is 2.85. The summed E-state index contributed by atoms with van der Waals surface area (Å²) in [7, 11) is 0. The van der Waals surface area contributed by atoms with Gasteiger partial charge in [-0.25, -0.2) is 0 Å². The largest absolute Gasteiger partial charge is 0.366 e. The lowest BCUT2D eigenvalue weighted by Gasteiger charge is -2.11. The maximum Gasteiger partial charge on any atom is 0.255 e. The van der Waals surface area contributed by atoms with Gasteiger partial charge in [-0.3, -0.25) is 9.59 Å². The van der Waals surface area contributed by atoms with Gasteiger partial charge in [-0.2, -0.15) is 0 Å². The Kier molecular flexibility index (Phi) is 3.84. The van der Waals surface area contributed by atoms with Crippen LogP contribution in [0.5, 0.6) is 0 Å². The molecule has 0 aliphatic rings. The van der Waals surface area contributed by atoms with Crippen LogP contribution in [0.25, 0.3) is 0 Å². The first kappa shape index (κ1) is 13.8. The van der Waals surface area contributed by atoms with Crippen LogP contribution < -0.4 is 11.1 Å². The molecule has 0 atom stereocenters. The van der Waals surface area contributed by atoms with Crippen molar-refractivity contribution in [1.29, 1.82) is 0 Å². The molecule has 0 spiro atoms. The molecule has 2 aromatic rings. The van der Waals surface area contributed by atoms with Crippen molar-refractivity contribution in [3.63, 3.8) is 0 Å². The van der Waals surface area contributed by atoms with Crippen LogP contribution >= 0.6 is 0 Å². The van der Waals surface area contributed by atoms with Crippen LogP contribution in [-0.2, 0) is 0 Å². The average molecular weight is 268 g/mol. The van der Waals surface area contributed by atoms with E-state index in [1.54, 1.807) is 24.3 Å². The number of hydrogen-bond donors (Lipinski definition) is 2. The number of carbonyl (C=O) groups is 2. The number of nitrogens with two attached hydrogens (primary N) is 1. The number of rotatable bonds is 3. The van der Waals surface area contributed by atoms with E-state index >= 15 is 0 Å². The van der Waals surface area contributed by atoms with Crippen molar-refractivity contribution in [2.24, 2.45) is 5.73 Å². The summed E-state index contributed by atoms with van der Waals surface area (Å²) in [4.78, 5) is 23.2. The molecule has 0 aromatic heterocycles. The highest BCUT2D eigenvalue weighted by atomic mass is 16.2. The second-order valence-electron chi connectivity index (χ2n) is 4.66. The molecule has 0 saturated heterocycles. The number of nitrogens with one attached hydrogen (secondary N) is 1. The van der Waals surface area contributed by atoms with Crippen LogP contribution in [0.4, 0.5) is 5.69 Å². The Morgan fingerprint density at radius 1 is 0.900 bits per heavy atom. The molecule has 0 aliphatic heterocycles. The average Bonchev–Trinajstić information content (AvgIpc) is 2.43. The smallest absolute Gasteiger partial charge is 0.255 e. The monoisotopic (exact) mass is 268 g/mol. The second kappa shape index (κ2) is 5.57. The van der Waals surface area contributed by atoms with Crippen LogP contribution in [0.15, 0.2) is 42.5 Å². The van der Waals surface area contributed by atoms with Crippen LogP contribution in [0.3, 0.4) is 0 Å². The van der Waals surface area contributed by atoms with Crippen molar-refractivity contribution in [3.8, 4) is 0 Å². The summed E-state index contributed by atoms with van der Waals surface area (Å²) in [5, 5.41) is 2.89. The molecule has 0 fully saturated rings. The maximum absolute atomic E-state index is 12.2.